The lowest BCUT2D eigenvalue weighted by Crippen LogP contribution is -2.49. The van der Waals surface area contributed by atoms with E-state index in [1.807, 2.05) is 0 Å². The minimum Gasteiger partial charge on any atom is -0.487 e. The van der Waals surface area contributed by atoms with Gasteiger partial charge in [-0.05, 0) is 37.5 Å². The van der Waals surface area contributed by atoms with Crippen LogP contribution in [0.3, 0.4) is 0 Å². The molecule has 0 saturated carbocycles. The van der Waals surface area contributed by atoms with Crippen LogP contribution >= 0.6 is 0 Å². The zero-order valence-electron chi connectivity index (χ0n) is 14.5. The minimum absolute atomic E-state index is 0.0397. The number of rotatable bonds is 3. The van der Waals surface area contributed by atoms with Gasteiger partial charge in [0.25, 0.3) is 0 Å². The van der Waals surface area contributed by atoms with Crippen LogP contribution in [0.4, 0.5) is 0 Å². The van der Waals surface area contributed by atoms with E-state index in [9.17, 15) is 0 Å². The second-order valence-electron chi connectivity index (χ2n) is 7.94. The fourth-order valence-corrected chi connectivity index (χ4v) is 4.32. The van der Waals surface area contributed by atoms with E-state index in [1.165, 1.54) is 43.7 Å². The molecule has 0 radical (unpaired) electrons. The van der Waals surface area contributed by atoms with Gasteiger partial charge in [-0.2, -0.15) is 0 Å². The molecule has 1 N–H and O–H groups in total. The average Bonchev–Trinajstić information content (AvgIpc) is 3.10. The van der Waals surface area contributed by atoms with Crippen LogP contribution in [0.15, 0.2) is 18.2 Å². The van der Waals surface area contributed by atoms with Crippen LogP contribution in [0.2, 0.25) is 0 Å². The van der Waals surface area contributed by atoms with Crippen LogP contribution in [0.25, 0.3) is 0 Å². The summed E-state index contributed by atoms with van der Waals surface area (Å²) < 4.78 is 5.99. The smallest absolute Gasteiger partial charge is 0.123 e. The molecule has 4 nitrogen and oxygen atoms in total. The molecular weight excluding hydrogens is 286 g/mol. The van der Waals surface area contributed by atoms with Crippen LogP contribution in [0.5, 0.6) is 5.75 Å². The third kappa shape index (κ3) is 3.39. The molecule has 4 rings (SSSR count). The standard InChI is InChI=1S/C19H29N3O/c1-19(2)12-16-11-15(3-4-18(16)23-19)13-21-8-5-17(14-21)22-9-6-20-7-10-22/h3-4,11,17,20H,5-10,12-14H2,1-2H3. The highest BCUT2D eigenvalue weighted by atomic mass is 16.5. The first-order chi connectivity index (χ1) is 11.1. The highest BCUT2D eigenvalue weighted by Crippen LogP contribution is 2.35. The van der Waals surface area contributed by atoms with Gasteiger partial charge >= 0.3 is 0 Å². The van der Waals surface area contributed by atoms with Gasteiger partial charge in [-0.3, -0.25) is 9.80 Å². The summed E-state index contributed by atoms with van der Waals surface area (Å²) in [5.41, 5.74) is 2.78. The van der Waals surface area contributed by atoms with E-state index in [1.54, 1.807) is 0 Å². The van der Waals surface area contributed by atoms with Crippen molar-refractivity contribution in [2.24, 2.45) is 0 Å². The number of ether oxygens (including phenoxy) is 1. The minimum atomic E-state index is -0.0397. The van der Waals surface area contributed by atoms with Gasteiger partial charge in [0.1, 0.15) is 11.4 Å². The third-order valence-corrected chi connectivity index (χ3v) is 5.45. The lowest BCUT2D eigenvalue weighted by atomic mass is 10.00. The molecule has 0 aromatic heterocycles. The number of hydrogen-bond acceptors (Lipinski definition) is 4. The lowest BCUT2D eigenvalue weighted by Gasteiger charge is -2.32. The molecule has 23 heavy (non-hydrogen) atoms. The lowest BCUT2D eigenvalue weighted by molar-refractivity contribution is 0.138. The van der Waals surface area contributed by atoms with Gasteiger partial charge in [0, 0.05) is 58.3 Å². The SMILES string of the molecule is CC1(C)Cc2cc(CN3CCC(N4CCNCC4)C3)ccc2O1. The van der Waals surface area contributed by atoms with E-state index in [0.29, 0.717) is 0 Å². The fraction of sp³-hybridized carbons (Fsp3) is 0.684. The summed E-state index contributed by atoms with van der Waals surface area (Å²) in [5, 5.41) is 3.45. The highest BCUT2D eigenvalue weighted by molar-refractivity contribution is 5.41. The van der Waals surface area contributed by atoms with E-state index in [0.717, 1.165) is 37.8 Å². The Balaban J connectivity index is 1.36. The van der Waals surface area contributed by atoms with E-state index in [2.05, 4.69) is 47.2 Å². The molecule has 126 valence electrons. The molecule has 1 aromatic carbocycles. The topological polar surface area (TPSA) is 27.7 Å². The number of nitrogens with zero attached hydrogens (tertiary/aromatic N) is 2. The largest absolute Gasteiger partial charge is 0.487 e. The molecule has 3 heterocycles. The summed E-state index contributed by atoms with van der Waals surface area (Å²) in [4.78, 5) is 5.30. The van der Waals surface area contributed by atoms with Crippen LogP contribution in [-0.4, -0.2) is 60.7 Å². The van der Waals surface area contributed by atoms with E-state index in [-0.39, 0.29) is 5.60 Å². The summed E-state index contributed by atoms with van der Waals surface area (Å²) >= 11 is 0. The molecular formula is C19H29N3O. The van der Waals surface area contributed by atoms with Gasteiger partial charge in [0.2, 0.25) is 0 Å². The van der Waals surface area contributed by atoms with Crippen molar-refractivity contribution >= 4 is 0 Å². The molecule has 3 aliphatic heterocycles. The second kappa shape index (κ2) is 6.08. The van der Waals surface area contributed by atoms with E-state index in [4.69, 9.17) is 4.74 Å². The first-order valence-electron chi connectivity index (χ1n) is 9.07. The van der Waals surface area contributed by atoms with Crippen LogP contribution < -0.4 is 10.1 Å². The third-order valence-electron chi connectivity index (χ3n) is 5.45. The molecule has 1 unspecified atom stereocenters. The first kappa shape index (κ1) is 15.4. The Labute approximate surface area is 139 Å². The van der Waals surface area contributed by atoms with Gasteiger partial charge in [-0.15, -0.1) is 0 Å². The first-order valence-corrected chi connectivity index (χ1v) is 9.07. The molecule has 2 fully saturated rings. The Morgan fingerprint density at radius 1 is 1.22 bits per heavy atom. The van der Waals surface area contributed by atoms with Crippen LogP contribution in [-0.2, 0) is 13.0 Å². The Bertz CT molecular complexity index is 566. The molecule has 1 atom stereocenters. The molecule has 3 aliphatic rings. The van der Waals surface area contributed by atoms with Crippen molar-refractivity contribution in [1.82, 2.24) is 15.1 Å². The Morgan fingerprint density at radius 3 is 2.87 bits per heavy atom. The van der Waals surface area contributed by atoms with Gasteiger partial charge in [0.15, 0.2) is 0 Å². The van der Waals surface area contributed by atoms with Crippen molar-refractivity contribution in [3.8, 4) is 5.75 Å². The molecule has 0 amide bonds. The molecule has 4 heteroatoms. The van der Waals surface area contributed by atoms with Crippen molar-refractivity contribution in [2.75, 3.05) is 39.3 Å². The number of benzene rings is 1. The average molecular weight is 315 g/mol. The van der Waals surface area contributed by atoms with Crippen molar-refractivity contribution in [3.63, 3.8) is 0 Å². The summed E-state index contributed by atoms with van der Waals surface area (Å²) in [5.74, 6) is 1.08. The summed E-state index contributed by atoms with van der Waals surface area (Å²) in [6.45, 7) is 12.6. The van der Waals surface area contributed by atoms with Gasteiger partial charge in [-0.1, -0.05) is 12.1 Å². The van der Waals surface area contributed by atoms with Crippen LogP contribution in [0.1, 0.15) is 31.4 Å². The molecule has 0 aliphatic carbocycles. The van der Waals surface area contributed by atoms with Crippen molar-refractivity contribution < 1.29 is 4.74 Å². The Hall–Kier alpha value is -1.10. The quantitative estimate of drug-likeness (QED) is 0.922. The highest BCUT2D eigenvalue weighted by Gasteiger charge is 2.31. The van der Waals surface area contributed by atoms with Gasteiger partial charge in [-0.25, -0.2) is 0 Å². The van der Waals surface area contributed by atoms with E-state index >= 15 is 0 Å². The predicted molar refractivity (Wildman–Crippen MR) is 93.0 cm³/mol. The number of piperazine rings is 1. The number of nitrogens with one attached hydrogen (secondary N) is 1. The summed E-state index contributed by atoms with van der Waals surface area (Å²) in [6, 6.07) is 7.54. The maximum absolute atomic E-state index is 5.99. The maximum atomic E-state index is 5.99. The van der Waals surface area contributed by atoms with Gasteiger partial charge < -0.3 is 10.1 Å². The Kier molecular flexibility index (Phi) is 4.08. The van der Waals surface area contributed by atoms with Crippen molar-refractivity contribution in [3.05, 3.63) is 29.3 Å². The molecule has 0 bridgehead atoms. The summed E-state index contributed by atoms with van der Waals surface area (Å²) in [7, 11) is 0. The number of likely N-dealkylation sites (tertiary alicyclic amines) is 1. The van der Waals surface area contributed by atoms with Gasteiger partial charge in [0.05, 0.1) is 0 Å². The predicted octanol–water partition coefficient (Wildman–Crippen LogP) is 1.88. The molecule has 0 spiro atoms. The monoisotopic (exact) mass is 315 g/mol. The summed E-state index contributed by atoms with van der Waals surface area (Å²) in [6.07, 6.45) is 2.35. The Morgan fingerprint density at radius 2 is 2.04 bits per heavy atom. The van der Waals surface area contributed by atoms with Crippen molar-refractivity contribution in [1.29, 1.82) is 0 Å². The number of hydrogen-bond donors (Lipinski definition) is 1. The normalized spacial score (nSPS) is 27.8. The van der Waals surface area contributed by atoms with Crippen LogP contribution in [0, 0.1) is 0 Å². The number of fused-ring (bicyclic) bond motifs is 1. The zero-order valence-corrected chi connectivity index (χ0v) is 14.5. The van der Waals surface area contributed by atoms with Crippen molar-refractivity contribution in [2.45, 2.75) is 44.9 Å². The fourth-order valence-electron chi connectivity index (χ4n) is 4.32. The zero-order chi connectivity index (χ0) is 15.9. The molecule has 2 saturated heterocycles. The molecule has 1 aromatic rings. The second-order valence-corrected chi connectivity index (χ2v) is 7.94. The van der Waals surface area contributed by atoms with E-state index < -0.39 is 0 Å². The maximum Gasteiger partial charge on any atom is 0.123 e.